The van der Waals surface area contributed by atoms with Crippen LogP contribution in [0.3, 0.4) is 0 Å². The average Bonchev–Trinajstić information content (AvgIpc) is 2.38. The quantitative estimate of drug-likeness (QED) is 0.869. The summed E-state index contributed by atoms with van der Waals surface area (Å²) >= 11 is 0. The summed E-state index contributed by atoms with van der Waals surface area (Å²) in [5, 5.41) is 0. The predicted octanol–water partition coefficient (Wildman–Crippen LogP) is 4.80. The van der Waals surface area contributed by atoms with Gasteiger partial charge < -0.3 is 10.5 Å². The van der Waals surface area contributed by atoms with Gasteiger partial charge in [-0.1, -0.05) is 45.0 Å². The topological polar surface area (TPSA) is 35.2 Å². The van der Waals surface area contributed by atoms with Crippen LogP contribution in [0.15, 0.2) is 48.5 Å². The number of nitrogens with two attached hydrogens (primary N) is 1. The van der Waals surface area contributed by atoms with Gasteiger partial charge in [0.25, 0.3) is 0 Å². The molecule has 0 fully saturated rings. The number of hydrogen-bond donors (Lipinski definition) is 1. The highest BCUT2D eigenvalue weighted by atomic mass is 16.5. The first kappa shape index (κ1) is 14.6. The van der Waals surface area contributed by atoms with E-state index in [2.05, 4.69) is 32.9 Å². The molecule has 0 bridgehead atoms. The first-order valence-electron chi connectivity index (χ1n) is 7.00. The second-order valence-electron chi connectivity index (χ2n) is 6.24. The van der Waals surface area contributed by atoms with Crippen LogP contribution in [0.25, 0.3) is 0 Å². The molecular weight excluding hydrogens is 246 g/mol. The average molecular weight is 269 g/mol. The monoisotopic (exact) mass is 269 g/mol. The normalized spacial score (nSPS) is 13.1. The smallest absolute Gasteiger partial charge is 0.127 e. The van der Waals surface area contributed by atoms with Crippen LogP contribution in [0.5, 0.6) is 11.5 Å². The van der Waals surface area contributed by atoms with Crippen molar-refractivity contribution in [3.63, 3.8) is 0 Å². The minimum Gasteiger partial charge on any atom is -0.457 e. The van der Waals surface area contributed by atoms with Gasteiger partial charge in [0.1, 0.15) is 11.5 Å². The van der Waals surface area contributed by atoms with Gasteiger partial charge in [-0.2, -0.15) is 0 Å². The lowest BCUT2D eigenvalue weighted by Gasteiger charge is -2.19. The van der Waals surface area contributed by atoms with Gasteiger partial charge >= 0.3 is 0 Å². The SMILES string of the molecule is C[C@H](N)c1ccc(Oc2cccc(C(C)(C)C)c2)cc1. The Balaban J connectivity index is 2.18. The van der Waals surface area contributed by atoms with Gasteiger partial charge in [-0.25, -0.2) is 0 Å². The minimum atomic E-state index is 0.0493. The van der Waals surface area contributed by atoms with E-state index in [0.717, 1.165) is 17.1 Å². The van der Waals surface area contributed by atoms with E-state index >= 15 is 0 Å². The number of ether oxygens (including phenoxy) is 1. The highest BCUT2D eigenvalue weighted by Crippen LogP contribution is 2.28. The van der Waals surface area contributed by atoms with Crippen molar-refractivity contribution in [1.29, 1.82) is 0 Å². The fourth-order valence-corrected chi connectivity index (χ4v) is 2.00. The number of benzene rings is 2. The third-order valence-corrected chi connectivity index (χ3v) is 3.34. The summed E-state index contributed by atoms with van der Waals surface area (Å²) in [5.41, 5.74) is 8.34. The van der Waals surface area contributed by atoms with Crippen LogP contribution in [0, 0.1) is 0 Å². The standard InChI is InChI=1S/C18H23NO/c1-13(19)14-8-10-16(11-9-14)20-17-7-5-6-15(12-17)18(2,3)4/h5-13H,19H2,1-4H3/t13-/m0/s1. The molecule has 0 aliphatic rings. The molecule has 0 aliphatic carbocycles. The van der Waals surface area contributed by atoms with Crippen molar-refractivity contribution in [2.45, 2.75) is 39.2 Å². The first-order chi connectivity index (χ1) is 9.36. The van der Waals surface area contributed by atoms with Crippen molar-refractivity contribution in [3.05, 3.63) is 59.7 Å². The van der Waals surface area contributed by atoms with Crippen LogP contribution in [-0.4, -0.2) is 0 Å². The van der Waals surface area contributed by atoms with Crippen molar-refractivity contribution in [3.8, 4) is 11.5 Å². The van der Waals surface area contributed by atoms with Gasteiger partial charge in [0, 0.05) is 6.04 Å². The molecule has 2 heteroatoms. The molecule has 1 atom stereocenters. The van der Waals surface area contributed by atoms with E-state index in [-0.39, 0.29) is 11.5 Å². The Morgan fingerprint density at radius 1 is 0.950 bits per heavy atom. The Hall–Kier alpha value is -1.80. The molecule has 0 saturated heterocycles. The molecule has 0 radical (unpaired) electrons. The van der Waals surface area contributed by atoms with Gasteiger partial charge in [-0.3, -0.25) is 0 Å². The Bertz CT molecular complexity index is 565. The van der Waals surface area contributed by atoms with Crippen LogP contribution >= 0.6 is 0 Å². The molecule has 106 valence electrons. The zero-order valence-corrected chi connectivity index (χ0v) is 12.7. The van der Waals surface area contributed by atoms with E-state index in [1.54, 1.807) is 0 Å². The molecule has 2 rings (SSSR count). The van der Waals surface area contributed by atoms with E-state index in [9.17, 15) is 0 Å². The lowest BCUT2D eigenvalue weighted by molar-refractivity contribution is 0.478. The van der Waals surface area contributed by atoms with Crippen LogP contribution in [0.2, 0.25) is 0 Å². The third-order valence-electron chi connectivity index (χ3n) is 3.34. The molecule has 0 aromatic heterocycles. The zero-order valence-electron chi connectivity index (χ0n) is 12.7. The van der Waals surface area contributed by atoms with E-state index in [0.29, 0.717) is 0 Å². The van der Waals surface area contributed by atoms with Crippen LogP contribution in [0.1, 0.15) is 44.9 Å². The number of rotatable bonds is 3. The van der Waals surface area contributed by atoms with Crippen LogP contribution in [-0.2, 0) is 5.41 Å². The molecule has 2 nitrogen and oxygen atoms in total. The predicted molar refractivity (Wildman–Crippen MR) is 84.3 cm³/mol. The molecule has 0 saturated carbocycles. The maximum Gasteiger partial charge on any atom is 0.127 e. The second-order valence-corrected chi connectivity index (χ2v) is 6.24. The molecule has 2 aromatic rings. The van der Waals surface area contributed by atoms with Gasteiger partial charge in [0.15, 0.2) is 0 Å². The van der Waals surface area contributed by atoms with Crippen molar-refractivity contribution in [1.82, 2.24) is 0 Å². The summed E-state index contributed by atoms with van der Waals surface area (Å²) in [7, 11) is 0. The van der Waals surface area contributed by atoms with Crippen molar-refractivity contribution >= 4 is 0 Å². The van der Waals surface area contributed by atoms with Gasteiger partial charge in [0.2, 0.25) is 0 Å². The fraction of sp³-hybridized carbons (Fsp3) is 0.333. The van der Waals surface area contributed by atoms with E-state index < -0.39 is 0 Å². The Morgan fingerprint density at radius 3 is 2.15 bits per heavy atom. The summed E-state index contributed by atoms with van der Waals surface area (Å²) in [4.78, 5) is 0. The Labute approximate surface area is 121 Å². The third kappa shape index (κ3) is 3.61. The van der Waals surface area contributed by atoms with Gasteiger partial charge in [0.05, 0.1) is 0 Å². The second kappa shape index (κ2) is 5.68. The molecular formula is C18H23NO. The summed E-state index contributed by atoms with van der Waals surface area (Å²) in [6.07, 6.45) is 0. The lowest BCUT2D eigenvalue weighted by atomic mass is 9.87. The molecule has 0 heterocycles. The van der Waals surface area contributed by atoms with Gasteiger partial charge in [-0.15, -0.1) is 0 Å². The molecule has 2 aromatic carbocycles. The molecule has 2 N–H and O–H groups in total. The summed E-state index contributed by atoms with van der Waals surface area (Å²) in [6.45, 7) is 8.57. The van der Waals surface area contributed by atoms with E-state index in [4.69, 9.17) is 10.5 Å². The van der Waals surface area contributed by atoms with E-state index in [1.165, 1.54) is 5.56 Å². The maximum absolute atomic E-state index is 5.91. The largest absolute Gasteiger partial charge is 0.457 e. The summed E-state index contributed by atoms with van der Waals surface area (Å²) in [5.74, 6) is 1.70. The molecule has 0 unspecified atom stereocenters. The maximum atomic E-state index is 5.91. The van der Waals surface area contributed by atoms with Crippen molar-refractivity contribution < 1.29 is 4.74 Å². The first-order valence-corrected chi connectivity index (χ1v) is 7.00. The van der Waals surface area contributed by atoms with Crippen molar-refractivity contribution in [2.24, 2.45) is 5.73 Å². The zero-order chi connectivity index (χ0) is 14.8. The molecule has 0 aliphatic heterocycles. The highest BCUT2D eigenvalue weighted by molar-refractivity contribution is 5.37. The van der Waals surface area contributed by atoms with Crippen LogP contribution < -0.4 is 10.5 Å². The molecule has 20 heavy (non-hydrogen) atoms. The highest BCUT2D eigenvalue weighted by Gasteiger charge is 2.14. The van der Waals surface area contributed by atoms with Crippen molar-refractivity contribution in [2.75, 3.05) is 0 Å². The fourth-order valence-electron chi connectivity index (χ4n) is 2.00. The number of hydrogen-bond acceptors (Lipinski definition) is 2. The Kier molecular flexibility index (Phi) is 4.15. The summed E-state index contributed by atoms with van der Waals surface area (Å²) in [6, 6.07) is 16.2. The molecule has 0 spiro atoms. The van der Waals surface area contributed by atoms with Gasteiger partial charge in [-0.05, 0) is 47.7 Å². The summed E-state index contributed by atoms with van der Waals surface area (Å²) < 4.78 is 5.91. The molecule has 0 amide bonds. The lowest BCUT2D eigenvalue weighted by Crippen LogP contribution is -2.10. The Morgan fingerprint density at radius 2 is 1.60 bits per heavy atom. The van der Waals surface area contributed by atoms with E-state index in [1.807, 2.05) is 43.3 Å². The van der Waals surface area contributed by atoms with Crippen LogP contribution in [0.4, 0.5) is 0 Å². The minimum absolute atomic E-state index is 0.0493.